The van der Waals surface area contributed by atoms with E-state index in [0.29, 0.717) is 39.0 Å². The topological polar surface area (TPSA) is 49.9 Å². The molecule has 5 heteroatoms. The minimum absolute atomic E-state index is 0.0120. The van der Waals surface area contributed by atoms with Crippen molar-refractivity contribution in [1.29, 1.82) is 0 Å². The number of hydrogen-bond acceptors (Lipinski definition) is 3. The molecular formula is C19H26N2O3. The van der Waals surface area contributed by atoms with Gasteiger partial charge < -0.3 is 14.5 Å². The number of rotatable bonds is 1. The van der Waals surface area contributed by atoms with Gasteiger partial charge in [-0.15, -0.1) is 0 Å². The molecule has 2 heterocycles. The molecule has 130 valence electrons. The van der Waals surface area contributed by atoms with Crippen LogP contribution >= 0.6 is 0 Å². The quantitative estimate of drug-likeness (QED) is 0.795. The second kappa shape index (κ2) is 6.46. The van der Waals surface area contributed by atoms with Crippen molar-refractivity contribution in [2.45, 2.75) is 52.3 Å². The summed E-state index contributed by atoms with van der Waals surface area (Å²) in [6.45, 7) is 8.20. The average molecular weight is 330 g/mol. The first kappa shape index (κ1) is 16.8. The van der Waals surface area contributed by atoms with Crippen molar-refractivity contribution >= 4 is 12.0 Å². The molecule has 0 radical (unpaired) electrons. The summed E-state index contributed by atoms with van der Waals surface area (Å²) in [5.41, 5.74) is 2.01. The van der Waals surface area contributed by atoms with E-state index in [1.165, 1.54) is 11.1 Å². The minimum Gasteiger partial charge on any atom is -0.444 e. The molecule has 0 saturated carbocycles. The van der Waals surface area contributed by atoms with Gasteiger partial charge in [0.15, 0.2) is 0 Å². The molecule has 1 fully saturated rings. The smallest absolute Gasteiger partial charge is 0.410 e. The van der Waals surface area contributed by atoms with E-state index in [4.69, 9.17) is 4.74 Å². The molecule has 24 heavy (non-hydrogen) atoms. The number of piperidine rings is 1. The highest BCUT2D eigenvalue weighted by atomic mass is 16.6. The summed E-state index contributed by atoms with van der Waals surface area (Å²) >= 11 is 0. The molecule has 1 aromatic rings. The zero-order valence-electron chi connectivity index (χ0n) is 14.7. The van der Waals surface area contributed by atoms with Crippen LogP contribution in [0.2, 0.25) is 0 Å². The lowest BCUT2D eigenvalue weighted by Gasteiger charge is -2.34. The van der Waals surface area contributed by atoms with E-state index >= 15 is 0 Å². The zero-order valence-corrected chi connectivity index (χ0v) is 14.7. The van der Waals surface area contributed by atoms with Gasteiger partial charge in [0.25, 0.3) is 0 Å². The fourth-order valence-electron chi connectivity index (χ4n) is 3.38. The van der Waals surface area contributed by atoms with Gasteiger partial charge in [0.2, 0.25) is 5.91 Å². The molecule has 5 nitrogen and oxygen atoms in total. The first-order valence-corrected chi connectivity index (χ1v) is 8.67. The van der Waals surface area contributed by atoms with Crippen LogP contribution in [0, 0.1) is 5.92 Å². The molecule has 3 rings (SSSR count). The van der Waals surface area contributed by atoms with Crippen LogP contribution < -0.4 is 0 Å². The largest absolute Gasteiger partial charge is 0.444 e. The molecule has 0 unspecified atom stereocenters. The van der Waals surface area contributed by atoms with Crippen LogP contribution in [0.3, 0.4) is 0 Å². The summed E-state index contributed by atoms with van der Waals surface area (Å²) in [6, 6.07) is 8.22. The number of ether oxygens (including phenoxy) is 1. The molecule has 0 spiro atoms. The Morgan fingerprint density at radius 3 is 2.04 bits per heavy atom. The average Bonchev–Trinajstić information content (AvgIpc) is 2.96. The van der Waals surface area contributed by atoms with E-state index in [1.54, 1.807) is 4.90 Å². The van der Waals surface area contributed by atoms with E-state index < -0.39 is 5.60 Å². The van der Waals surface area contributed by atoms with Gasteiger partial charge in [0.1, 0.15) is 5.60 Å². The normalized spacial score (nSPS) is 18.5. The van der Waals surface area contributed by atoms with Crippen LogP contribution in [0.15, 0.2) is 24.3 Å². The van der Waals surface area contributed by atoms with Gasteiger partial charge >= 0.3 is 6.09 Å². The SMILES string of the molecule is CC(C)(C)OC(=O)N1CCC(C(=O)N2Cc3ccccc3C2)CC1. The predicted molar refractivity (Wildman–Crippen MR) is 91.2 cm³/mol. The Bertz CT molecular complexity index is 603. The molecule has 1 saturated heterocycles. The molecule has 0 N–H and O–H groups in total. The van der Waals surface area contributed by atoms with Gasteiger partial charge in [-0.2, -0.15) is 0 Å². The third-order valence-corrected chi connectivity index (χ3v) is 4.65. The number of fused-ring (bicyclic) bond motifs is 1. The first-order valence-electron chi connectivity index (χ1n) is 8.67. The van der Waals surface area contributed by atoms with Crippen molar-refractivity contribution in [1.82, 2.24) is 9.80 Å². The lowest BCUT2D eigenvalue weighted by atomic mass is 9.95. The van der Waals surface area contributed by atoms with Gasteiger partial charge in [-0.1, -0.05) is 24.3 Å². The fourth-order valence-corrected chi connectivity index (χ4v) is 3.38. The molecule has 0 bridgehead atoms. The lowest BCUT2D eigenvalue weighted by Crippen LogP contribution is -2.45. The Balaban J connectivity index is 1.52. The maximum atomic E-state index is 12.8. The Kier molecular flexibility index (Phi) is 4.52. The Morgan fingerprint density at radius 1 is 1.00 bits per heavy atom. The van der Waals surface area contributed by atoms with Crippen LogP contribution in [0.25, 0.3) is 0 Å². The number of hydrogen-bond donors (Lipinski definition) is 0. The maximum absolute atomic E-state index is 12.8. The number of carbonyl (C=O) groups excluding carboxylic acids is 2. The third-order valence-electron chi connectivity index (χ3n) is 4.65. The number of amides is 2. The molecule has 1 aromatic carbocycles. The Labute approximate surface area is 143 Å². The van der Waals surface area contributed by atoms with E-state index in [9.17, 15) is 9.59 Å². The number of benzene rings is 1. The summed E-state index contributed by atoms with van der Waals surface area (Å²) in [7, 11) is 0. The van der Waals surface area contributed by atoms with Crippen molar-refractivity contribution in [3.05, 3.63) is 35.4 Å². The van der Waals surface area contributed by atoms with E-state index in [-0.39, 0.29) is 17.9 Å². The molecule has 0 atom stereocenters. The highest BCUT2D eigenvalue weighted by Crippen LogP contribution is 2.27. The van der Waals surface area contributed by atoms with Gasteiger partial charge in [-0.3, -0.25) is 4.79 Å². The van der Waals surface area contributed by atoms with Gasteiger partial charge in [0.05, 0.1) is 0 Å². The molecule has 2 aliphatic rings. The monoisotopic (exact) mass is 330 g/mol. The molecule has 2 aliphatic heterocycles. The summed E-state index contributed by atoms with van der Waals surface area (Å²) in [5.74, 6) is 0.230. The molecular weight excluding hydrogens is 304 g/mol. The molecule has 0 aliphatic carbocycles. The van der Waals surface area contributed by atoms with Gasteiger partial charge in [0, 0.05) is 32.1 Å². The number of carbonyl (C=O) groups is 2. The van der Waals surface area contributed by atoms with Crippen molar-refractivity contribution in [2.75, 3.05) is 13.1 Å². The Hall–Kier alpha value is -2.04. The zero-order chi connectivity index (χ0) is 17.3. The van der Waals surface area contributed by atoms with Gasteiger partial charge in [-0.05, 0) is 44.7 Å². The Morgan fingerprint density at radius 2 is 1.54 bits per heavy atom. The summed E-state index contributed by atoms with van der Waals surface area (Å²) in [5, 5.41) is 0. The van der Waals surface area contributed by atoms with Crippen molar-refractivity contribution in [2.24, 2.45) is 5.92 Å². The van der Waals surface area contributed by atoms with Gasteiger partial charge in [-0.25, -0.2) is 4.79 Å². The van der Waals surface area contributed by atoms with E-state index in [2.05, 4.69) is 12.1 Å². The van der Waals surface area contributed by atoms with Crippen LogP contribution in [0.5, 0.6) is 0 Å². The van der Waals surface area contributed by atoms with Crippen molar-refractivity contribution in [3.63, 3.8) is 0 Å². The number of nitrogens with zero attached hydrogens (tertiary/aromatic N) is 2. The highest BCUT2D eigenvalue weighted by Gasteiger charge is 2.33. The standard InChI is InChI=1S/C19H26N2O3/c1-19(2,3)24-18(23)20-10-8-14(9-11-20)17(22)21-12-15-6-4-5-7-16(15)13-21/h4-7,14H,8-13H2,1-3H3. The second-order valence-electron chi connectivity index (χ2n) is 7.70. The van der Waals surface area contributed by atoms with Crippen molar-refractivity contribution < 1.29 is 14.3 Å². The maximum Gasteiger partial charge on any atom is 0.410 e. The number of likely N-dealkylation sites (tertiary alicyclic amines) is 1. The third kappa shape index (κ3) is 3.71. The van der Waals surface area contributed by atoms with Crippen LogP contribution in [0.1, 0.15) is 44.7 Å². The van der Waals surface area contributed by atoms with Crippen LogP contribution in [-0.4, -0.2) is 40.5 Å². The molecule has 0 aromatic heterocycles. The lowest BCUT2D eigenvalue weighted by molar-refractivity contribution is -0.137. The summed E-state index contributed by atoms with van der Waals surface area (Å²) in [4.78, 5) is 28.5. The fraction of sp³-hybridized carbons (Fsp3) is 0.579. The summed E-state index contributed by atoms with van der Waals surface area (Å²) in [6.07, 6.45) is 1.15. The molecule has 2 amide bonds. The second-order valence-corrected chi connectivity index (χ2v) is 7.70. The summed E-state index contributed by atoms with van der Waals surface area (Å²) < 4.78 is 5.41. The predicted octanol–water partition coefficient (Wildman–Crippen LogP) is 3.18. The minimum atomic E-state index is -0.481. The van der Waals surface area contributed by atoms with Crippen LogP contribution in [0.4, 0.5) is 4.79 Å². The van der Waals surface area contributed by atoms with Crippen molar-refractivity contribution in [3.8, 4) is 0 Å². The van der Waals surface area contributed by atoms with E-state index in [1.807, 2.05) is 37.8 Å². The highest BCUT2D eigenvalue weighted by molar-refractivity contribution is 5.80. The first-order chi connectivity index (χ1) is 11.3. The van der Waals surface area contributed by atoms with Crippen LogP contribution in [-0.2, 0) is 22.6 Å². The van der Waals surface area contributed by atoms with E-state index in [0.717, 1.165) is 0 Å².